The van der Waals surface area contributed by atoms with E-state index >= 15 is 0 Å². The minimum absolute atomic E-state index is 0.216. The molecule has 7 nitrogen and oxygen atoms in total. The van der Waals surface area contributed by atoms with Gasteiger partial charge in [0.05, 0.1) is 18.8 Å². The Labute approximate surface area is 329 Å². The van der Waals surface area contributed by atoms with Gasteiger partial charge in [-0.2, -0.15) is 0 Å². The van der Waals surface area contributed by atoms with Crippen molar-refractivity contribution < 1.29 is 33.3 Å². The largest absolute Gasteiger partial charge is 0.494 e. The molecule has 3 aromatic carbocycles. The number of rotatable bonds is 25. The lowest BCUT2D eigenvalue weighted by Gasteiger charge is -2.09. The van der Waals surface area contributed by atoms with Crippen LogP contribution in [0.1, 0.15) is 133 Å². The quantitative estimate of drug-likeness (QED) is 0.0280. The van der Waals surface area contributed by atoms with Gasteiger partial charge in [-0.05, 0) is 123 Å². The van der Waals surface area contributed by atoms with Crippen molar-refractivity contribution in [2.24, 2.45) is 0 Å². The predicted octanol–water partition coefficient (Wildman–Crippen LogP) is 11.6. The molecule has 0 atom stereocenters. The second-order valence-electron chi connectivity index (χ2n) is 13.7. The molecule has 0 spiro atoms. The zero-order valence-electron chi connectivity index (χ0n) is 32.9. The zero-order chi connectivity index (χ0) is 39.4. The van der Waals surface area contributed by atoms with E-state index < -0.39 is 5.97 Å². The monoisotopic (exact) mass is 746 g/mol. The topological polar surface area (TPSA) is 88.1 Å². The molecule has 55 heavy (non-hydrogen) atoms. The summed E-state index contributed by atoms with van der Waals surface area (Å²) in [5.74, 6) is 12.9. The summed E-state index contributed by atoms with van der Waals surface area (Å²) in [4.78, 5) is 36.5. The molecule has 0 heterocycles. The summed E-state index contributed by atoms with van der Waals surface area (Å²) in [5, 5.41) is 0. The van der Waals surface area contributed by atoms with Gasteiger partial charge in [-0.25, -0.2) is 9.59 Å². The zero-order valence-corrected chi connectivity index (χ0v) is 32.9. The number of carbonyl (C=O) groups is 3. The van der Waals surface area contributed by atoms with Crippen molar-refractivity contribution in [1.82, 2.24) is 0 Å². The average Bonchev–Trinajstić information content (AvgIpc) is 3.19. The van der Waals surface area contributed by atoms with Gasteiger partial charge in [-0.1, -0.05) is 94.6 Å². The standard InChI is InChI=1S/C48H58O7/c1-4-5-6-7-8-9-10-11-12-13-14-15-16-17-18-21-24-46(49)54-44-33-25-40(26-34-44)41-27-35-45(36-28-41)55-48(51)42-29-31-43(32-30-42)52-37-22-19-20-23-38-53-47(50)39(2)3/h25-36H,2,4-8,13-24,37-38H2,1,3H3. The summed E-state index contributed by atoms with van der Waals surface area (Å²) < 4.78 is 22.0. The number of hydrogen-bond donors (Lipinski definition) is 0. The molecule has 0 bridgehead atoms. The molecule has 0 fully saturated rings. The Kier molecular flexibility index (Phi) is 21.9. The molecule has 0 aromatic heterocycles. The lowest BCUT2D eigenvalue weighted by atomic mass is 10.1. The highest BCUT2D eigenvalue weighted by Crippen LogP contribution is 2.26. The first-order chi connectivity index (χ1) is 26.9. The molecule has 0 aliphatic carbocycles. The number of ether oxygens (including phenoxy) is 4. The molecule has 0 saturated heterocycles. The number of carbonyl (C=O) groups excluding carboxylic acids is 3. The fourth-order valence-corrected chi connectivity index (χ4v) is 5.55. The highest BCUT2D eigenvalue weighted by molar-refractivity contribution is 5.91. The van der Waals surface area contributed by atoms with Crippen molar-refractivity contribution in [1.29, 1.82) is 0 Å². The number of unbranched alkanes of at least 4 members (excludes halogenated alkanes) is 13. The summed E-state index contributed by atoms with van der Waals surface area (Å²) in [6, 6.07) is 21.6. The summed E-state index contributed by atoms with van der Waals surface area (Å²) in [6.45, 7) is 8.38. The second-order valence-corrected chi connectivity index (χ2v) is 13.7. The molecule has 0 aliphatic heterocycles. The van der Waals surface area contributed by atoms with Gasteiger partial charge in [0, 0.05) is 24.8 Å². The molecular weight excluding hydrogens is 689 g/mol. The molecule has 0 unspecified atom stereocenters. The lowest BCUT2D eigenvalue weighted by Crippen LogP contribution is -2.08. The first-order valence-electron chi connectivity index (χ1n) is 20.0. The Balaban J connectivity index is 1.26. The number of hydrogen-bond acceptors (Lipinski definition) is 7. The highest BCUT2D eigenvalue weighted by Gasteiger charge is 2.10. The first kappa shape index (κ1) is 44.1. The van der Waals surface area contributed by atoms with Gasteiger partial charge in [0.25, 0.3) is 0 Å². The van der Waals surface area contributed by atoms with Crippen LogP contribution in [0.25, 0.3) is 11.1 Å². The van der Waals surface area contributed by atoms with Gasteiger partial charge in [-0.15, -0.1) is 0 Å². The summed E-state index contributed by atoms with van der Waals surface area (Å²) >= 11 is 0. The van der Waals surface area contributed by atoms with Gasteiger partial charge in [-0.3, -0.25) is 4.79 Å². The highest BCUT2D eigenvalue weighted by atomic mass is 16.5. The molecule has 0 amide bonds. The molecule has 7 heteroatoms. The van der Waals surface area contributed by atoms with Crippen molar-refractivity contribution in [2.75, 3.05) is 13.2 Å². The van der Waals surface area contributed by atoms with E-state index in [1.165, 1.54) is 25.7 Å². The Bertz CT molecular complexity index is 1720. The molecule has 3 aromatic rings. The van der Waals surface area contributed by atoms with Crippen LogP contribution in [0.2, 0.25) is 0 Å². The first-order valence-corrected chi connectivity index (χ1v) is 20.0. The molecule has 0 saturated carbocycles. The Hall–Kier alpha value is -5.27. The molecule has 0 N–H and O–H groups in total. The third-order valence-electron chi connectivity index (χ3n) is 8.79. The smallest absolute Gasteiger partial charge is 0.343 e. The minimum atomic E-state index is -0.455. The van der Waals surface area contributed by atoms with Crippen LogP contribution in [0, 0.1) is 23.7 Å². The van der Waals surface area contributed by atoms with Crippen LogP contribution in [0.4, 0.5) is 0 Å². The van der Waals surface area contributed by atoms with Gasteiger partial charge in [0.15, 0.2) is 0 Å². The van der Waals surface area contributed by atoms with Gasteiger partial charge in [0.2, 0.25) is 0 Å². The summed E-state index contributed by atoms with van der Waals surface area (Å²) in [6.07, 6.45) is 17.2. The van der Waals surface area contributed by atoms with E-state index in [-0.39, 0.29) is 11.9 Å². The van der Waals surface area contributed by atoms with E-state index in [1.807, 2.05) is 24.3 Å². The van der Waals surface area contributed by atoms with Crippen molar-refractivity contribution in [2.45, 2.75) is 123 Å². The summed E-state index contributed by atoms with van der Waals surface area (Å²) in [7, 11) is 0. The maximum absolute atomic E-state index is 12.7. The third-order valence-corrected chi connectivity index (χ3v) is 8.79. The Morgan fingerprint density at radius 3 is 1.64 bits per heavy atom. The van der Waals surface area contributed by atoms with E-state index in [9.17, 15) is 14.4 Å². The van der Waals surface area contributed by atoms with E-state index in [2.05, 4.69) is 37.2 Å². The van der Waals surface area contributed by atoms with Crippen LogP contribution in [0.15, 0.2) is 84.9 Å². The van der Waals surface area contributed by atoms with Crippen LogP contribution >= 0.6 is 0 Å². The maximum Gasteiger partial charge on any atom is 0.343 e. The van der Waals surface area contributed by atoms with Crippen LogP contribution in [-0.2, 0) is 14.3 Å². The Morgan fingerprint density at radius 1 is 0.564 bits per heavy atom. The third kappa shape index (κ3) is 19.6. The Morgan fingerprint density at radius 2 is 1.05 bits per heavy atom. The number of esters is 3. The second kappa shape index (κ2) is 27.3. The number of benzene rings is 3. The molecular formula is C48H58O7. The predicted molar refractivity (Wildman–Crippen MR) is 220 cm³/mol. The molecule has 0 radical (unpaired) electrons. The molecule has 0 aliphatic rings. The fourth-order valence-electron chi connectivity index (χ4n) is 5.55. The van der Waals surface area contributed by atoms with Gasteiger partial charge >= 0.3 is 17.9 Å². The minimum Gasteiger partial charge on any atom is -0.494 e. The maximum atomic E-state index is 12.7. The van der Waals surface area contributed by atoms with E-state index in [0.717, 1.165) is 88.2 Å². The van der Waals surface area contributed by atoms with Crippen molar-refractivity contribution in [3.8, 4) is 52.1 Å². The SMILES string of the molecule is C=C(C)C(=O)OCCCCCCOc1ccc(C(=O)Oc2ccc(-c3ccc(OC(=O)CCCCCCCCC#CC#CCCCCCC)cc3)cc2)cc1. The summed E-state index contributed by atoms with van der Waals surface area (Å²) in [5.41, 5.74) is 2.73. The lowest BCUT2D eigenvalue weighted by molar-refractivity contribution is -0.139. The van der Waals surface area contributed by atoms with Crippen LogP contribution in [0.5, 0.6) is 17.2 Å². The van der Waals surface area contributed by atoms with Crippen molar-refractivity contribution >= 4 is 17.9 Å². The van der Waals surface area contributed by atoms with E-state index in [1.54, 1.807) is 55.5 Å². The molecule has 292 valence electrons. The van der Waals surface area contributed by atoms with Crippen LogP contribution in [-0.4, -0.2) is 31.1 Å². The van der Waals surface area contributed by atoms with Crippen molar-refractivity contribution in [3.05, 3.63) is 90.5 Å². The molecule has 3 rings (SSSR count). The normalized spacial score (nSPS) is 10.3. The van der Waals surface area contributed by atoms with Gasteiger partial charge in [0.1, 0.15) is 17.2 Å². The average molecular weight is 747 g/mol. The fraction of sp³-hybridized carbons (Fsp3) is 0.438. The van der Waals surface area contributed by atoms with Gasteiger partial charge < -0.3 is 18.9 Å². The van der Waals surface area contributed by atoms with E-state index in [4.69, 9.17) is 18.9 Å². The van der Waals surface area contributed by atoms with Crippen LogP contribution in [0.3, 0.4) is 0 Å². The van der Waals surface area contributed by atoms with Crippen molar-refractivity contribution in [3.63, 3.8) is 0 Å². The van der Waals surface area contributed by atoms with E-state index in [0.29, 0.717) is 48.0 Å². The van der Waals surface area contributed by atoms with Crippen LogP contribution < -0.4 is 14.2 Å².